The first kappa shape index (κ1) is 18.6. The van der Waals surface area contributed by atoms with E-state index in [1.54, 1.807) is 23.5 Å². The molecule has 0 atom stereocenters. The largest absolute Gasteiger partial charge is 0.368 e. The summed E-state index contributed by atoms with van der Waals surface area (Å²) in [6.45, 7) is 6.56. The number of halogens is 1. The number of hydrogen-bond donors (Lipinski definition) is 0. The summed E-state index contributed by atoms with van der Waals surface area (Å²) in [6, 6.07) is 13.7. The molecule has 1 fully saturated rings. The van der Waals surface area contributed by atoms with Crippen LogP contribution in [0.25, 0.3) is 20.9 Å². The number of piperazine rings is 1. The minimum atomic E-state index is -0.149. The first-order valence-electron chi connectivity index (χ1n) is 10.4. The molecule has 0 bridgehead atoms. The van der Waals surface area contributed by atoms with Gasteiger partial charge < -0.3 is 9.47 Å². The fourth-order valence-electron chi connectivity index (χ4n) is 4.34. The number of fused-ring (bicyclic) bond motifs is 2. The molecular formula is C24H26FN3S. The van der Waals surface area contributed by atoms with Crippen LogP contribution in [0, 0.1) is 5.82 Å². The van der Waals surface area contributed by atoms with Crippen molar-refractivity contribution >= 4 is 37.9 Å². The molecule has 150 valence electrons. The lowest BCUT2D eigenvalue weighted by molar-refractivity contribution is 0.251. The van der Waals surface area contributed by atoms with Gasteiger partial charge in [0.05, 0.1) is 5.69 Å². The Labute approximate surface area is 175 Å². The number of nitrogens with zero attached hydrogens (tertiary/aromatic N) is 3. The Morgan fingerprint density at radius 2 is 1.59 bits per heavy atom. The van der Waals surface area contributed by atoms with E-state index in [0.29, 0.717) is 0 Å². The van der Waals surface area contributed by atoms with Crippen molar-refractivity contribution in [1.29, 1.82) is 0 Å². The Hall–Kier alpha value is -2.37. The summed E-state index contributed by atoms with van der Waals surface area (Å²) in [5.41, 5.74) is 1.27. The lowest BCUT2D eigenvalue weighted by Crippen LogP contribution is -2.46. The third-order valence-corrected chi connectivity index (χ3v) is 6.91. The number of anilines is 1. The molecule has 3 heterocycles. The van der Waals surface area contributed by atoms with Gasteiger partial charge in [0, 0.05) is 60.6 Å². The maximum absolute atomic E-state index is 13.4. The number of unbranched alkanes of at least 4 members (excludes halogenated alkanes) is 1. The Bertz CT molecular complexity index is 1070. The quantitative estimate of drug-likeness (QED) is 0.386. The van der Waals surface area contributed by atoms with Crippen molar-refractivity contribution < 1.29 is 4.39 Å². The van der Waals surface area contributed by atoms with E-state index in [1.165, 1.54) is 41.2 Å². The normalized spacial score (nSPS) is 15.6. The van der Waals surface area contributed by atoms with Crippen LogP contribution in [-0.4, -0.2) is 42.2 Å². The van der Waals surface area contributed by atoms with E-state index < -0.39 is 0 Å². The van der Waals surface area contributed by atoms with Crippen molar-refractivity contribution in [2.45, 2.75) is 19.4 Å². The van der Waals surface area contributed by atoms with Gasteiger partial charge >= 0.3 is 0 Å². The highest BCUT2D eigenvalue weighted by molar-refractivity contribution is 7.17. The van der Waals surface area contributed by atoms with Gasteiger partial charge in [0.2, 0.25) is 0 Å². The highest BCUT2D eigenvalue weighted by atomic mass is 32.1. The van der Waals surface area contributed by atoms with Gasteiger partial charge in [0.1, 0.15) is 5.82 Å². The summed E-state index contributed by atoms with van der Waals surface area (Å²) >= 11 is 1.64. The summed E-state index contributed by atoms with van der Waals surface area (Å²) < 4.78 is 16.8. The van der Waals surface area contributed by atoms with Crippen LogP contribution in [0.5, 0.6) is 0 Å². The molecule has 1 aliphatic rings. The summed E-state index contributed by atoms with van der Waals surface area (Å²) in [4.78, 5) is 5.04. The third-order valence-electron chi connectivity index (χ3n) is 5.98. The zero-order valence-electron chi connectivity index (χ0n) is 16.6. The molecule has 0 radical (unpaired) electrons. The third kappa shape index (κ3) is 4.02. The maximum Gasteiger partial charge on any atom is 0.124 e. The Morgan fingerprint density at radius 3 is 2.34 bits per heavy atom. The topological polar surface area (TPSA) is 11.4 Å². The lowest BCUT2D eigenvalue weighted by atomic mass is 10.2. The van der Waals surface area contributed by atoms with Crippen LogP contribution < -0.4 is 4.90 Å². The van der Waals surface area contributed by atoms with Crippen LogP contribution >= 0.6 is 11.3 Å². The fourth-order valence-corrected chi connectivity index (χ4v) is 5.34. The van der Waals surface area contributed by atoms with Crippen molar-refractivity contribution in [2.24, 2.45) is 0 Å². The first-order valence-corrected chi connectivity index (χ1v) is 11.3. The smallest absolute Gasteiger partial charge is 0.124 e. The highest BCUT2D eigenvalue weighted by Crippen LogP contribution is 2.34. The number of rotatable bonds is 6. The van der Waals surface area contributed by atoms with Crippen LogP contribution in [0.1, 0.15) is 12.8 Å². The number of aryl methyl sites for hydroxylation is 1. The summed E-state index contributed by atoms with van der Waals surface area (Å²) in [5.74, 6) is -0.149. The van der Waals surface area contributed by atoms with E-state index in [1.807, 2.05) is 6.07 Å². The van der Waals surface area contributed by atoms with E-state index in [2.05, 4.69) is 56.4 Å². The van der Waals surface area contributed by atoms with Gasteiger partial charge in [-0.3, -0.25) is 4.90 Å². The minimum Gasteiger partial charge on any atom is -0.368 e. The molecule has 1 aliphatic heterocycles. The van der Waals surface area contributed by atoms with Gasteiger partial charge in [-0.05, 0) is 48.4 Å². The average Bonchev–Trinajstić information content (AvgIpc) is 3.35. The molecule has 5 rings (SSSR count). The second-order valence-electron chi connectivity index (χ2n) is 7.92. The van der Waals surface area contributed by atoms with Gasteiger partial charge in [0.25, 0.3) is 0 Å². The van der Waals surface area contributed by atoms with Gasteiger partial charge in [-0.15, -0.1) is 11.3 Å². The van der Waals surface area contributed by atoms with Crippen molar-refractivity contribution in [3.8, 4) is 0 Å². The van der Waals surface area contributed by atoms with Crippen LogP contribution in [-0.2, 0) is 6.54 Å². The Kier molecular flexibility index (Phi) is 5.25. The monoisotopic (exact) mass is 407 g/mol. The number of thiophene rings is 1. The predicted octanol–water partition coefficient (Wildman–Crippen LogP) is 5.60. The number of benzene rings is 2. The molecular weight excluding hydrogens is 381 g/mol. The van der Waals surface area contributed by atoms with E-state index in [0.717, 1.165) is 37.4 Å². The van der Waals surface area contributed by atoms with Gasteiger partial charge in [-0.2, -0.15) is 0 Å². The SMILES string of the molecule is Fc1ccc2c(N3CCN(CCCCn4cc5ccccc5c4)CC3)csc2c1. The Balaban J connectivity index is 1.09. The first-order chi connectivity index (χ1) is 14.3. The predicted molar refractivity (Wildman–Crippen MR) is 122 cm³/mol. The van der Waals surface area contributed by atoms with E-state index in [-0.39, 0.29) is 5.82 Å². The Morgan fingerprint density at radius 1 is 0.862 bits per heavy atom. The molecule has 3 nitrogen and oxygen atoms in total. The molecule has 4 aromatic rings. The van der Waals surface area contributed by atoms with Gasteiger partial charge in [-0.25, -0.2) is 4.39 Å². The molecule has 1 saturated heterocycles. The lowest BCUT2D eigenvalue weighted by Gasteiger charge is -2.35. The minimum absolute atomic E-state index is 0.149. The van der Waals surface area contributed by atoms with E-state index >= 15 is 0 Å². The molecule has 0 unspecified atom stereocenters. The van der Waals surface area contributed by atoms with Crippen molar-refractivity contribution in [3.63, 3.8) is 0 Å². The summed E-state index contributed by atoms with van der Waals surface area (Å²) in [7, 11) is 0. The van der Waals surface area contributed by atoms with Crippen LogP contribution in [0.3, 0.4) is 0 Å². The summed E-state index contributed by atoms with van der Waals surface area (Å²) in [5, 5.41) is 6.02. The molecule has 0 N–H and O–H groups in total. The molecule has 2 aromatic carbocycles. The zero-order chi connectivity index (χ0) is 19.6. The highest BCUT2D eigenvalue weighted by Gasteiger charge is 2.19. The number of hydrogen-bond acceptors (Lipinski definition) is 3. The van der Waals surface area contributed by atoms with E-state index in [4.69, 9.17) is 0 Å². The number of aromatic nitrogens is 1. The van der Waals surface area contributed by atoms with Crippen LogP contribution in [0.4, 0.5) is 10.1 Å². The van der Waals surface area contributed by atoms with Crippen LogP contribution in [0.2, 0.25) is 0 Å². The molecule has 0 saturated carbocycles. The average molecular weight is 408 g/mol. The standard InChI is InChI=1S/C24H26FN3S/c25-21-7-8-22-23(18-29-24(22)15-21)28-13-11-26(12-14-28)9-3-4-10-27-16-19-5-1-2-6-20(19)17-27/h1-2,5-8,15-18H,3-4,9-14H2. The van der Waals surface area contributed by atoms with Crippen LogP contribution in [0.15, 0.2) is 60.2 Å². The summed E-state index contributed by atoms with van der Waals surface area (Å²) in [6.07, 6.45) is 6.95. The molecule has 0 spiro atoms. The molecule has 0 aliphatic carbocycles. The van der Waals surface area contributed by atoms with Gasteiger partial charge in [0.15, 0.2) is 0 Å². The second kappa shape index (κ2) is 8.17. The van der Waals surface area contributed by atoms with Crippen molar-refractivity contribution in [3.05, 3.63) is 66.1 Å². The van der Waals surface area contributed by atoms with Crippen molar-refractivity contribution in [1.82, 2.24) is 9.47 Å². The second-order valence-corrected chi connectivity index (χ2v) is 8.83. The van der Waals surface area contributed by atoms with Crippen molar-refractivity contribution in [2.75, 3.05) is 37.6 Å². The fraction of sp³-hybridized carbons (Fsp3) is 0.333. The van der Waals surface area contributed by atoms with Gasteiger partial charge in [-0.1, -0.05) is 24.3 Å². The van der Waals surface area contributed by atoms with E-state index in [9.17, 15) is 4.39 Å². The molecule has 29 heavy (non-hydrogen) atoms. The zero-order valence-corrected chi connectivity index (χ0v) is 17.4. The molecule has 2 aromatic heterocycles. The molecule has 0 amide bonds. The maximum atomic E-state index is 13.4. The molecule has 5 heteroatoms.